The molecule has 0 saturated carbocycles. The molecule has 2 unspecified atom stereocenters. The van der Waals surface area contributed by atoms with Crippen LogP contribution < -0.4 is 10.9 Å². The van der Waals surface area contributed by atoms with Crippen molar-refractivity contribution in [1.29, 1.82) is 0 Å². The largest absolute Gasteiger partial charge is 0.395 e. The van der Waals surface area contributed by atoms with Crippen LogP contribution in [0, 0.1) is 19.8 Å². The van der Waals surface area contributed by atoms with Gasteiger partial charge in [0.25, 0.3) is 5.56 Å². The van der Waals surface area contributed by atoms with Crippen LogP contribution in [0.3, 0.4) is 0 Å². The first-order chi connectivity index (χ1) is 8.36. The van der Waals surface area contributed by atoms with Gasteiger partial charge < -0.3 is 15.4 Å². The van der Waals surface area contributed by atoms with Crippen molar-refractivity contribution in [3.8, 4) is 0 Å². The first-order valence-corrected chi connectivity index (χ1v) is 6.31. The van der Waals surface area contributed by atoms with E-state index in [0.717, 1.165) is 5.69 Å². The summed E-state index contributed by atoms with van der Waals surface area (Å²) in [4.78, 5) is 18.9. The monoisotopic (exact) mass is 253 g/mol. The molecular weight excluding hydrogens is 230 g/mol. The normalized spacial score (nSPS) is 14.8. The van der Waals surface area contributed by atoms with E-state index in [-0.39, 0.29) is 24.2 Å². The third-order valence-corrected chi connectivity index (χ3v) is 3.16. The lowest BCUT2D eigenvalue weighted by Gasteiger charge is -2.25. The Morgan fingerprint density at radius 3 is 2.39 bits per heavy atom. The van der Waals surface area contributed by atoms with Gasteiger partial charge in [0.05, 0.1) is 12.2 Å². The zero-order chi connectivity index (χ0) is 13.9. The van der Waals surface area contributed by atoms with Crippen LogP contribution in [0.25, 0.3) is 0 Å². The van der Waals surface area contributed by atoms with E-state index in [1.807, 2.05) is 27.7 Å². The highest BCUT2D eigenvalue weighted by molar-refractivity contribution is 5.20. The molecule has 1 rings (SSSR count). The van der Waals surface area contributed by atoms with Crippen molar-refractivity contribution in [2.45, 2.75) is 46.7 Å². The summed E-state index contributed by atoms with van der Waals surface area (Å²) in [6.45, 7) is 9.63. The maximum absolute atomic E-state index is 11.9. The second kappa shape index (κ2) is 6.11. The number of nitrogens with zero attached hydrogens (tertiary/aromatic N) is 1. The molecule has 1 aromatic rings. The molecule has 0 aliphatic heterocycles. The SMILES string of the molecule is Cc1nc(C)c(C(C)NC(CO)C(C)C)c(=O)[nH]1. The third-order valence-electron chi connectivity index (χ3n) is 3.16. The first-order valence-electron chi connectivity index (χ1n) is 6.31. The lowest BCUT2D eigenvalue weighted by Crippen LogP contribution is -2.40. The lowest BCUT2D eigenvalue weighted by molar-refractivity contribution is 0.201. The molecule has 18 heavy (non-hydrogen) atoms. The van der Waals surface area contributed by atoms with Crippen molar-refractivity contribution < 1.29 is 5.11 Å². The minimum Gasteiger partial charge on any atom is -0.395 e. The second-order valence-corrected chi connectivity index (χ2v) is 5.07. The number of nitrogens with one attached hydrogen (secondary N) is 2. The molecule has 5 nitrogen and oxygen atoms in total. The van der Waals surface area contributed by atoms with Gasteiger partial charge in [-0.3, -0.25) is 4.79 Å². The highest BCUT2D eigenvalue weighted by atomic mass is 16.3. The number of aliphatic hydroxyl groups is 1. The number of hydrogen-bond donors (Lipinski definition) is 3. The van der Waals surface area contributed by atoms with Crippen molar-refractivity contribution in [3.63, 3.8) is 0 Å². The fourth-order valence-electron chi connectivity index (χ4n) is 2.11. The average Bonchev–Trinajstić information content (AvgIpc) is 2.23. The van der Waals surface area contributed by atoms with Crippen molar-refractivity contribution in [3.05, 3.63) is 27.4 Å². The van der Waals surface area contributed by atoms with Crippen molar-refractivity contribution in [1.82, 2.24) is 15.3 Å². The summed E-state index contributed by atoms with van der Waals surface area (Å²) in [6, 6.07) is -0.165. The summed E-state index contributed by atoms with van der Waals surface area (Å²) < 4.78 is 0. The molecule has 0 saturated heterocycles. The Labute approximate surface area is 108 Å². The summed E-state index contributed by atoms with van der Waals surface area (Å²) in [5.74, 6) is 0.922. The molecule has 1 heterocycles. The van der Waals surface area contributed by atoms with Gasteiger partial charge in [0.2, 0.25) is 0 Å². The standard InChI is InChI=1S/C13H23N3O2/c1-7(2)11(6-17)15-9(4)12-8(3)14-10(5)16-13(12)18/h7,9,11,15,17H,6H2,1-5H3,(H,14,16,18). The van der Waals surface area contributed by atoms with E-state index in [1.165, 1.54) is 0 Å². The second-order valence-electron chi connectivity index (χ2n) is 5.07. The molecule has 0 amide bonds. The molecule has 0 bridgehead atoms. The molecule has 0 fully saturated rings. The first kappa shape index (κ1) is 14.9. The zero-order valence-corrected chi connectivity index (χ0v) is 11.7. The quantitative estimate of drug-likeness (QED) is 0.733. The molecule has 0 spiro atoms. The molecular formula is C13H23N3O2. The number of hydrogen-bond acceptors (Lipinski definition) is 4. The molecule has 0 aliphatic rings. The Bertz CT molecular complexity index is 454. The Morgan fingerprint density at radius 1 is 1.33 bits per heavy atom. The maximum Gasteiger partial charge on any atom is 0.255 e. The Morgan fingerprint density at radius 2 is 1.94 bits per heavy atom. The molecule has 0 aromatic carbocycles. The van der Waals surface area contributed by atoms with Gasteiger partial charge in [-0.25, -0.2) is 4.98 Å². The van der Waals surface area contributed by atoms with Crippen LogP contribution in [0.15, 0.2) is 4.79 Å². The minimum atomic E-state index is -0.138. The minimum absolute atomic E-state index is 0.0277. The van der Waals surface area contributed by atoms with Gasteiger partial charge in [-0.1, -0.05) is 13.8 Å². The predicted octanol–water partition coefficient (Wildman–Crippen LogP) is 1.05. The van der Waals surface area contributed by atoms with Crippen LogP contribution in [0.4, 0.5) is 0 Å². The van der Waals surface area contributed by atoms with Gasteiger partial charge in [-0.2, -0.15) is 0 Å². The summed E-state index contributed by atoms with van der Waals surface area (Å²) in [6.07, 6.45) is 0. The molecule has 0 aliphatic carbocycles. The van der Waals surface area contributed by atoms with Crippen LogP contribution in [0.1, 0.15) is 43.9 Å². The highest BCUT2D eigenvalue weighted by Gasteiger charge is 2.19. The van der Waals surface area contributed by atoms with Gasteiger partial charge in [-0.05, 0) is 26.7 Å². The van der Waals surface area contributed by atoms with Crippen molar-refractivity contribution in [2.75, 3.05) is 6.61 Å². The fraction of sp³-hybridized carbons (Fsp3) is 0.692. The van der Waals surface area contributed by atoms with E-state index < -0.39 is 0 Å². The molecule has 1 aromatic heterocycles. The molecule has 0 radical (unpaired) electrons. The van der Waals surface area contributed by atoms with Gasteiger partial charge >= 0.3 is 0 Å². The number of aromatic nitrogens is 2. The summed E-state index contributed by atoms with van der Waals surface area (Å²) in [7, 11) is 0. The fourth-order valence-corrected chi connectivity index (χ4v) is 2.11. The predicted molar refractivity (Wildman–Crippen MR) is 71.6 cm³/mol. The van der Waals surface area contributed by atoms with E-state index in [1.54, 1.807) is 6.92 Å². The number of rotatable bonds is 5. The average molecular weight is 253 g/mol. The Kier molecular flexibility index (Phi) is 5.04. The van der Waals surface area contributed by atoms with E-state index >= 15 is 0 Å². The number of H-pyrrole nitrogens is 1. The smallest absolute Gasteiger partial charge is 0.255 e. The van der Waals surface area contributed by atoms with E-state index in [0.29, 0.717) is 17.3 Å². The van der Waals surface area contributed by atoms with Crippen LogP contribution in [-0.2, 0) is 0 Å². The summed E-state index contributed by atoms with van der Waals surface area (Å²) >= 11 is 0. The van der Waals surface area contributed by atoms with E-state index in [9.17, 15) is 9.90 Å². The lowest BCUT2D eigenvalue weighted by atomic mass is 10.0. The van der Waals surface area contributed by atoms with Gasteiger partial charge in [0, 0.05) is 17.8 Å². The topological polar surface area (TPSA) is 78.0 Å². The maximum atomic E-state index is 11.9. The summed E-state index contributed by atoms with van der Waals surface area (Å²) in [5, 5.41) is 12.6. The Balaban J connectivity index is 2.97. The number of aryl methyl sites for hydroxylation is 2. The van der Waals surface area contributed by atoms with Crippen LogP contribution in [-0.4, -0.2) is 27.7 Å². The molecule has 3 N–H and O–H groups in total. The molecule has 102 valence electrons. The number of aromatic amines is 1. The van der Waals surface area contributed by atoms with Crippen LogP contribution in [0.2, 0.25) is 0 Å². The van der Waals surface area contributed by atoms with Gasteiger partial charge in [0.15, 0.2) is 0 Å². The third kappa shape index (κ3) is 3.40. The summed E-state index contributed by atoms with van der Waals surface area (Å²) in [5.41, 5.74) is 1.26. The highest BCUT2D eigenvalue weighted by Crippen LogP contribution is 2.13. The van der Waals surface area contributed by atoms with E-state index in [2.05, 4.69) is 15.3 Å². The van der Waals surface area contributed by atoms with E-state index in [4.69, 9.17) is 0 Å². The van der Waals surface area contributed by atoms with Crippen LogP contribution in [0.5, 0.6) is 0 Å². The number of aliphatic hydroxyl groups excluding tert-OH is 1. The molecule has 2 atom stereocenters. The van der Waals surface area contributed by atoms with Gasteiger partial charge in [0.1, 0.15) is 5.82 Å². The van der Waals surface area contributed by atoms with Crippen molar-refractivity contribution >= 4 is 0 Å². The molecule has 5 heteroatoms. The van der Waals surface area contributed by atoms with Crippen molar-refractivity contribution in [2.24, 2.45) is 5.92 Å². The Hall–Kier alpha value is -1.20. The van der Waals surface area contributed by atoms with Crippen LogP contribution >= 0.6 is 0 Å². The van der Waals surface area contributed by atoms with Gasteiger partial charge in [-0.15, -0.1) is 0 Å². The zero-order valence-electron chi connectivity index (χ0n) is 11.7.